The number of amides is 1. The summed E-state index contributed by atoms with van der Waals surface area (Å²) in [7, 11) is 1.61. The lowest BCUT2D eigenvalue weighted by molar-refractivity contribution is -0.159. The highest BCUT2D eigenvalue weighted by molar-refractivity contribution is 9.10. The van der Waals surface area contributed by atoms with E-state index in [1.807, 2.05) is 25.1 Å². The minimum atomic E-state index is -0.851. The summed E-state index contributed by atoms with van der Waals surface area (Å²) in [6, 6.07) is 5.59. The number of ether oxygens (including phenoxy) is 3. The first-order chi connectivity index (χ1) is 10.4. The number of nitrogens with one attached hydrogen (secondary N) is 1. The molecule has 1 amide bonds. The van der Waals surface area contributed by atoms with Crippen molar-refractivity contribution in [2.24, 2.45) is 5.10 Å². The summed E-state index contributed by atoms with van der Waals surface area (Å²) in [4.78, 5) is 11.9. The quantitative estimate of drug-likeness (QED) is 0.638. The molecule has 120 valence electrons. The van der Waals surface area contributed by atoms with Crippen molar-refractivity contribution in [2.45, 2.75) is 26.1 Å². The smallest absolute Gasteiger partial charge is 0.245 e. The Kier molecular flexibility index (Phi) is 5.55. The van der Waals surface area contributed by atoms with Crippen LogP contribution in [-0.4, -0.2) is 37.7 Å². The lowest BCUT2D eigenvalue weighted by Gasteiger charge is -2.20. The van der Waals surface area contributed by atoms with Crippen LogP contribution >= 0.6 is 15.9 Å². The van der Waals surface area contributed by atoms with Gasteiger partial charge in [0.1, 0.15) is 5.75 Å². The first-order valence-corrected chi connectivity index (χ1v) is 7.68. The normalized spacial score (nSPS) is 17.4. The lowest BCUT2D eigenvalue weighted by atomic mass is 10.1. The molecule has 1 N–H and O–H groups in total. The maximum Gasteiger partial charge on any atom is 0.245 e. The van der Waals surface area contributed by atoms with Gasteiger partial charge in [0, 0.05) is 0 Å². The highest BCUT2D eigenvalue weighted by atomic mass is 79.9. The highest BCUT2D eigenvalue weighted by Crippen LogP contribution is 2.26. The van der Waals surface area contributed by atoms with Gasteiger partial charge in [0.05, 0.1) is 36.9 Å². The predicted molar refractivity (Wildman–Crippen MR) is 86.0 cm³/mol. The van der Waals surface area contributed by atoms with Crippen molar-refractivity contribution in [3.8, 4) is 5.75 Å². The zero-order chi connectivity index (χ0) is 16.2. The number of carbonyl (C=O) groups excluding carboxylic acids is 1. The summed E-state index contributed by atoms with van der Waals surface area (Å²) in [5.74, 6) is -0.364. The summed E-state index contributed by atoms with van der Waals surface area (Å²) in [5.41, 5.74) is 4.10. The molecule has 0 atom stereocenters. The average Bonchev–Trinajstić information content (AvgIpc) is 2.90. The van der Waals surface area contributed by atoms with Gasteiger partial charge in [-0.2, -0.15) is 5.10 Å². The molecule has 6 nitrogen and oxygen atoms in total. The van der Waals surface area contributed by atoms with Crippen LogP contribution in [0.5, 0.6) is 5.75 Å². The van der Waals surface area contributed by atoms with Gasteiger partial charge in [-0.25, -0.2) is 5.43 Å². The van der Waals surface area contributed by atoms with Crippen LogP contribution in [-0.2, 0) is 14.3 Å². The van der Waals surface area contributed by atoms with Crippen LogP contribution < -0.4 is 10.2 Å². The maximum atomic E-state index is 11.9. The minimum Gasteiger partial charge on any atom is -0.496 e. The number of benzene rings is 1. The fourth-order valence-corrected chi connectivity index (χ4v) is 2.63. The SMILES string of the molecule is COc1ccc(/C(C)=N\NC(=O)CC2(C)OCCO2)cc1Br. The van der Waals surface area contributed by atoms with E-state index in [0.717, 1.165) is 15.8 Å². The number of hydrogen-bond donors (Lipinski definition) is 1. The Bertz CT molecular complexity index is 583. The van der Waals surface area contributed by atoms with E-state index < -0.39 is 5.79 Å². The molecule has 0 bridgehead atoms. The molecule has 2 rings (SSSR count). The van der Waals surface area contributed by atoms with Gasteiger partial charge in [0.2, 0.25) is 5.91 Å². The van der Waals surface area contributed by atoms with Crippen molar-refractivity contribution in [1.82, 2.24) is 5.43 Å². The van der Waals surface area contributed by atoms with Gasteiger partial charge < -0.3 is 14.2 Å². The van der Waals surface area contributed by atoms with Crippen molar-refractivity contribution in [3.63, 3.8) is 0 Å². The van der Waals surface area contributed by atoms with E-state index >= 15 is 0 Å². The van der Waals surface area contributed by atoms with E-state index in [9.17, 15) is 4.79 Å². The van der Waals surface area contributed by atoms with Gasteiger partial charge >= 0.3 is 0 Å². The van der Waals surface area contributed by atoms with Crippen LogP contribution in [0.2, 0.25) is 0 Å². The Balaban J connectivity index is 1.97. The number of rotatable bonds is 5. The summed E-state index contributed by atoms with van der Waals surface area (Å²) in [6.45, 7) is 4.58. The molecule has 1 fully saturated rings. The maximum absolute atomic E-state index is 11.9. The monoisotopic (exact) mass is 370 g/mol. The summed E-state index contributed by atoms with van der Waals surface area (Å²) in [5, 5.41) is 4.11. The van der Waals surface area contributed by atoms with Crippen LogP contribution in [0.3, 0.4) is 0 Å². The van der Waals surface area contributed by atoms with Gasteiger partial charge in [0.25, 0.3) is 0 Å². The van der Waals surface area contributed by atoms with Gasteiger partial charge in [0.15, 0.2) is 5.79 Å². The van der Waals surface area contributed by atoms with Crippen LogP contribution in [0.4, 0.5) is 0 Å². The predicted octanol–water partition coefficient (Wildman–Crippen LogP) is 2.45. The molecule has 1 aromatic rings. The molecule has 0 aliphatic carbocycles. The van der Waals surface area contributed by atoms with Gasteiger partial charge in [-0.3, -0.25) is 4.79 Å². The van der Waals surface area contributed by atoms with Crippen LogP contribution in [0.1, 0.15) is 25.8 Å². The third-order valence-electron chi connectivity index (χ3n) is 3.30. The molecule has 0 aromatic heterocycles. The van der Waals surface area contributed by atoms with Crippen LogP contribution in [0.25, 0.3) is 0 Å². The number of hydrogen-bond acceptors (Lipinski definition) is 5. The molecule has 1 aliphatic rings. The highest BCUT2D eigenvalue weighted by Gasteiger charge is 2.33. The molecular weight excluding hydrogens is 352 g/mol. The molecule has 1 aliphatic heterocycles. The average molecular weight is 371 g/mol. The Hall–Kier alpha value is -1.44. The molecule has 7 heteroatoms. The van der Waals surface area contributed by atoms with Crippen molar-refractivity contribution in [3.05, 3.63) is 28.2 Å². The van der Waals surface area contributed by atoms with E-state index in [2.05, 4.69) is 26.5 Å². The zero-order valence-corrected chi connectivity index (χ0v) is 14.4. The fourth-order valence-electron chi connectivity index (χ4n) is 2.09. The molecule has 1 aromatic carbocycles. The van der Waals surface area contributed by atoms with Crippen molar-refractivity contribution < 1.29 is 19.0 Å². The summed E-state index contributed by atoms with van der Waals surface area (Å²) >= 11 is 3.42. The largest absolute Gasteiger partial charge is 0.496 e. The minimum absolute atomic E-state index is 0.107. The summed E-state index contributed by atoms with van der Waals surface area (Å²) < 4.78 is 16.8. The molecule has 0 saturated carbocycles. The molecule has 0 spiro atoms. The first-order valence-electron chi connectivity index (χ1n) is 6.88. The van der Waals surface area contributed by atoms with E-state index in [1.54, 1.807) is 14.0 Å². The number of halogens is 1. The lowest BCUT2D eigenvalue weighted by Crippen LogP contribution is -2.33. The second kappa shape index (κ2) is 7.21. The van der Waals surface area contributed by atoms with E-state index in [1.165, 1.54) is 0 Å². The Morgan fingerprint density at radius 1 is 1.45 bits per heavy atom. The van der Waals surface area contributed by atoms with Gasteiger partial charge in [-0.15, -0.1) is 0 Å². The topological polar surface area (TPSA) is 69.2 Å². The molecule has 22 heavy (non-hydrogen) atoms. The van der Waals surface area contributed by atoms with Crippen molar-refractivity contribution >= 4 is 27.5 Å². The molecule has 0 unspecified atom stereocenters. The second-order valence-corrected chi connectivity index (χ2v) is 5.94. The summed E-state index contributed by atoms with van der Waals surface area (Å²) in [6.07, 6.45) is 0.107. The first kappa shape index (κ1) is 16.9. The van der Waals surface area contributed by atoms with Gasteiger partial charge in [-0.1, -0.05) is 0 Å². The molecule has 1 saturated heterocycles. The van der Waals surface area contributed by atoms with Crippen molar-refractivity contribution in [2.75, 3.05) is 20.3 Å². The zero-order valence-electron chi connectivity index (χ0n) is 12.8. The van der Waals surface area contributed by atoms with E-state index in [-0.39, 0.29) is 12.3 Å². The molecular formula is C15H19BrN2O4. The van der Waals surface area contributed by atoms with Crippen LogP contribution in [0, 0.1) is 0 Å². The standard InChI is InChI=1S/C15H19BrN2O4/c1-10(11-4-5-13(20-3)12(16)8-11)17-18-14(19)9-15(2)21-6-7-22-15/h4-5,8H,6-7,9H2,1-3H3,(H,18,19)/b17-10-. The number of methoxy groups -OCH3 is 1. The van der Waals surface area contributed by atoms with Gasteiger partial charge in [-0.05, 0) is 53.5 Å². The third kappa shape index (κ3) is 4.28. The number of hydrazone groups is 1. The third-order valence-corrected chi connectivity index (χ3v) is 3.92. The Morgan fingerprint density at radius 3 is 2.73 bits per heavy atom. The number of carbonyl (C=O) groups is 1. The Labute approximate surface area is 137 Å². The van der Waals surface area contributed by atoms with Crippen LogP contribution in [0.15, 0.2) is 27.8 Å². The Morgan fingerprint density at radius 2 is 2.14 bits per heavy atom. The number of nitrogens with zero attached hydrogens (tertiary/aromatic N) is 1. The van der Waals surface area contributed by atoms with E-state index in [4.69, 9.17) is 14.2 Å². The molecule has 1 heterocycles. The second-order valence-electron chi connectivity index (χ2n) is 5.09. The van der Waals surface area contributed by atoms with Crippen molar-refractivity contribution in [1.29, 1.82) is 0 Å². The fraction of sp³-hybridized carbons (Fsp3) is 0.467. The van der Waals surface area contributed by atoms with E-state index in [0.29, 0.717) is 18.9 Å². The molecule has 0 radical (unpaired) electrons.